The van der Waals surface area contributed by atoms with Crippen molar-refractivity contribution in [3.63, 3.8) is 0 Å². The lowest BCUT2D eigenvalue weighted by Crippen LogP contribution is -2.14. The van der Waals surface area contributed by atoms with Crippen molar-refractivity contribution in [3.8, 4) is 0 Å². The molecule has 0 unspecified atom stereocenters. The van der Waals surface area contributed by atoms with Crippen LogP contribution in [0.15, 0.2) is 69.5 Å². The Morgan fingerprint density at radius 3 is 2.68 bits per heavy atom. The highest BCUT2D eigenvalue weighted by Gasteiger charge is 2.13. The van der Waals surface area contributed by atoms with Gasteiger partial charge < -0.3 is 14.3 Å². The summed E-state index contributed by atoms with van der Waals surface area (Å²) >= 11 is 1.58. The minimum absolute atomic E-state index is 0.0644. The molecule has 0 aliphatic carbocycles. The smallest absolute Gasteiger partial charge is 0.228 e. The molecule has 0 aliphatic rings. The number of hydrogen-bond donors (Lipinski definition) is 1. The Labute approximate surface area is 167 Å². The first-order chi connectivity index (χ1) is 13.5. The molecule has 4 aromatic rings. The number of hydrogen-bond acceptors (Lipinski definition) is 4. The molecule has 2 aromatic carbocycles. The van der Waals surface area contributed by atoms with Crippen molar-refractivity contribution in [2.75, 3.05) is 5.32 Å². The van der Waals surface area contributed by atoms with E-state index in [1.807, 2.05) is 55.1 Å². The van der Waals surface area contributed by atoms with Gasteiger partial charge in [0.1, 0.15) is 5.58 Å². The van der Waals surface area contributed by atoms with E-state index < -0.39 is 0 Å². The molecule has 2 aromatic heterocycles. The van der Waals surface area contributed by atoms with Gasteiger partial charge in [-0.1, -0.05) is 23.9 Å². The number of rotatable bonds is 5. The molecule has 5 nitrogen and oxygen atoms in total. The van der Waals surface area contributed by atoms with Crippen molar-refractivity contribution >= 4 is 34.3 Å². The standard InChI is InChI=1S/C22H21N3O2S/c1-14-4-9-19-16(13-27-21(19)15(14)2)12-20(26)24-17-5-7-18(8-6-17)28-22-23-10-11-25(22)3/h4-11,13H,12H2,1-3H3,(H,24,26). The molecule has 0 saturated carbocycles. The first-order valence-corrected chi connectivity index (χ1v) is 9.84. The van der Waals surface area contributed by atoms with E-state index in [-0.39, 0.29) is 12.3 Å². The lowest BCUT2D eigenvalue weighted by molar-refractivity contribution is -0.115. The van der Waals surface area contributed by atoms with E-state index in [1.165, 1.54) is 5.56 Å². The topological polar surface area (TPSA) is 60.1 Å². The number of imidazole rings is 1. The summed E-state index contributed by atoms with van der Waals surface area (Å²) in [6.45, 7) is 4.09. The van der Waals surface area contributed by atoms with Gasteiger partial charge in [0.15, 0.2) is 5.16 Å². The van der Waals surface area contributed by atoms with Crippen molar-refractivity contribution < 1.29 is 9.21 Å². The summed E-state index contributed by atoms with van der Waals surface area (Å²) in [6.07, 6.45) is 5.65. The van der Waals surface area contributed by atoms with E-state index in [0.717, 1.165) is 37.8 Å². The minimum atomic E-state index is -0.0644. The van der Waals surface area contributed by atoms with E-state index in [2.05, 4.69) is 23.3 Å². The zero-order chi connectivity index (χ0) is 19.7. The van der Waals surface area contributed by atoms with Gasteiger partial charge in [0.05, 0.1) is 12.7 Å². The molecule has 0 radical (unpaired) electrons. The number of fused-ring (bicyclic) bond motifs is 1. The molecule has 28 heavy (non-hydrogen) atoms. The molecule has 142 valence electrons. The minimum Gasteiger partial charge on any atom is -0.464 e. The third kappa shape index (κ3) is 3.68. The second kappa shape index (κ2) is 7.56. The van der Waals surface area contributed by atoms with Crippen LogP contribution in [0.1, 0.15) is 16.7 Å². The van der Waals surface area contributed by atoms with Gasteiger partial charge in [0.25, 0.3) is 0 Å². The number of nitrogens with zero attached hydrogens (tertiary/aromatic N) is 2. The summed E-state index contributed by atoms with van der Waals surface area (Å²) < 4.78 is 7.67. The van der Waals surface area contributed by atoms with Gasteiger partial charge in [-0.05, 0) is 49.2 Å². The first-order valence-electron chi connectivity index (χ1n) is 9.02. The van der Waals surface area contributed by atoms with Crippen LogP contribution in [0.5, 0.6) is 0 Å². The predicted molar refractivity (Wildman–Crippen MR) is 112 cm³/mol. The number of nitrogens with one attached hydrogen (secondary N) is 1. The van der Waals surface area contributed by atoms with Crippen LogP contribution in [0.3, 0.4) is 0 Å². The normalized spacial score (nSPS) is 11.1. The van der Waals surface area contributed by atoms with Crippen LogP contribution in [-0.2, 0) is 18.3 Å². The molecule has 0 spiro atoms. The van der Waals surface area contributed by atoms with Gasteiger partial charge in [-0.15, -0.1) is 0 Å². The van der Waals surface area contributed by atoms with Crippen LogP contribution in [-0.4, -0.2) is 15.5 Å². The highest BCUT2D eigenvalue weighted by molar-refractivity contribution is 7.99. The molecule has 0 atom stereocenters. The fourth-order valence-corrected chi connectivity index (χ4v) is 3.87. The maximum absolute atomic E-state index is 12.5. The predicted octanol–water partition coefficient (Wildman–Crippen LogP) is 5.12. The number of aryl methyl sites for hydroxylation is 3. The zero-order valence-electron chi connectivity index (χ0n) is 16.0. The lowest BCUT2D eigenvalue weighted by Gasteiger charge is -2.06. The third-order valence-corrected chi connectivity index (χ3v) is 5.90. The van der Waals surface area contributed by atoms with Crippen LogP contribution in [0, 0.1) is 13.8 Å². The Morgan fingerprint density at radius 1 is 1.18 bits per heavy atom. The summed E-state index contributed by atoms with van der Waals surface area (Å²) in [5, 5.41) is 4.88. The van der Waals surface area contributed by atoms with E-state index in [4.69, 9.17) is 4.42 Å². The molecule has 1 amide bonds. The van der Waals surface area contributed by atoms with Gasteiger partial charge in [-0.25, -0.2) is 4.98 Å². The summed E-state index contributed by atoms with van der Waals surface area (Å²) in [5.41, 5.74) is 4.83. The molecule has 0 bridgehead atoms. The summed E-state index contributed by atoms with van der Waals surface area (Å²) in [7, 11) is 1.96. The second-order valence-corrected chi connectivity index (χ2v) is 7.86. The number of benzene rings is 2. The Balaban J connectivity index is 1.43. The molecule has 0 saturated heterocycles. The highest BCUT2D eigenvalue weighted by Crippen LogP contribution is 2.28. The second-order valence-electron chi connectivity index (χ2n) is 6.82. The average molecular weight is 391 g/mol. The Bertz CT molecular complexity index is 1140. The summed E-state index contributed by atoms with van der Waals surface area (Å²) in [4.78, 5) is 17.9. The van der Waals surface area contributed by atoms with Crippen LogP contribution < -0.4 is 5.32 Å². The maximum atomic E-state index is 12.5. The molecule has 6 heteroatoms. The van der Waals surface area contributed by atoms with Crippen LogP contribution in [0.4, 0.5) is 5.69 Å². The van der Waals surface area contributed by atoms with Crippen LogP contribution in [0.2, 0.25) is 0 Å². The fraction of sp³-hybridized carbons (Fsp3) is 0.182. The van der Waals surface area contributed by atoms with E-state index in [0.29, 0.717) is 0 Å². The van der Waals surface area contributed by atoms with Gasteiger partial charge in [0, 0.05) is 41.0 Å². The van der Waals surface area contributed by atoms with Gasteiger partial charge in [0.2, 0.25) is 5.91 Å². The largest absolute Gasteiger partial charge is 0.464 e. The molecule has 1 N–H and O–H groups in total. The summed E-state index contributed by atoms with van der Waals surface area (Å²) in [6, 6.07) is 11.9. The number of anilines is 1. The van der Waals surface area contributed by atoms with Crippen molar-refractivity contribution in [3.05, 3.63) is 71.7 Å². The number of furan rings is 1. The van der Waals surface area contributed by atoms with Crippen molar-refractivity contribution in [2.45, 2.75) is 30.3 Å². The Kier molecular flexibility index (Phi) is 4.96. The van der Waals surface area contributed by atoms with Crippen molar-refractivity contribution in [1.29, 1.82) is 0 Å². The quantitative estimate of drug-likeness (QED) is 0.513. The summed E-state index contributed by atoms with van der Waals surface area (Å²) in [5.74, 6) is -0.0644. The fourth-order valence-electron chi connectivity index (χ4n) is 3.07. The third-order valence-electron chi connectivity index (χ3n) is 4.82. The van der Waals surface area contributed by atoms with E-state index >= 15 is 0 Å². The molecular formula is C22H21N3O2S. The molecular weight excluding hydrogens is 370 g/mol. The number of carbonyl (C=O) groups is 1. The van der Waals surface area contributed by atoms with Gasteiger partial charge in [-0.3, -0.25) is 4.79 Å². The highest BCUT2D eigenvalue weighted by atomic mass is 32.2. The molecule has 0 aliphatic heterocycles. The maximum Gasteiger partial charge on any atom is 0.228 e. The zero-order valence-corrected chi connectivity index (χ0v) is 16.8. The first kappa shape index (κ1) is 18.4. The van der Waals surface area contributed by atoms with Crippen LogP contribution >= 0.6 is 11.8 Å². The molecule has 2 heterocycles. The number of carbonyl (C=O) groups excluding carboxylic acids is 1. The number of aromatic nitrogens is 2. The lowest BCUT2D eigenvalue weighted by atomic mass is 10.0. The van der Waals surface area contributed by atoms with E-state index in [9.17, 15) is 4.79 Å². The van der Waals surface area contributed by atoms with Gasteiger partial charge >= 0.3 is 0 Å². The van der Waals surface area contributed by atoms with E-state index in [1.54, 1.807) is 24.2 Å². The van der Waals surface area contributed by atoms with Crippen molar-refractivity contribution in [2.24, 2.45) is 7.05 Å². The molecule has 4 rings (SSSR count). The van der Waals surface area contributed by atoms with Crippen LogP contribution in [0.25, 0.3) is 11.0 Å². The average Bonchev–Trinajstić information content (AvgIpc) is 3.27. The SMILES string of the molecule is Cc1ccc2c(CC(=O)Nc3ccc(Sc4nccn4C)cc3)coc2c1C. The van der Waals surface area contributed by atoms with Crippen molar-refractivity contribution in [1.82, 2.24) is 9.55 Å². The van der Waals surface area contributed by atoms with Gasteiger partial charge in [-0.2, -0.15) is 0 Å². The molecule has 0 fully saturated rings. The Hall–Kier alpha value is -2.99. The number of amides is 1. The Morgan fingerprint density at radius 2 is 1.96 bits per heavy atom. The monoisotopic (exact) mass is 391 g/mol.